The Hall–Kier alpha value is -2.47. The summed E-state index contributed by atoms with van der Waals surface area (Å²) in [6.45, 7) is 4.86. The maximum Gasteiger partial charge on any atom is 0.219 e. The van der Waals surface area contributed by atoms with Crippen LogP contribution in [0.3, 0.4) is 0 Å². The third-order valence-corrected chi connectivity index (χ3v) is 5.74. The number of amides is 1. The predicted octanol–water partition coefficient (Wildman–Crippen LogP) is 2.88. The van der Waals surface area contributed by atoms with Crippen LogP contribution in [0.1, 0.15) is 24.2 Å². The fraction of sp³-hybridized carbons (Fsp3) is 0.429. The number of rotatable bonds is 4. The minimum Gasteiger partial charge on any atom is -0.497 e. The van der Waals surface area contributed by atoms with Crippen LogP contribution in [0.2, 0.25) is 0 Å². The summed E-state index contributed by atoms with van der Waals surface area (Å²) in [5.74, 6) is 1.31. The number of likely N-dealkylation sites (tertiary alicyclic amines) is 2. The van der Waals surface area contributed by atoms with Crippen molar-refractivity contribution in [1.82, 2.24) is 14.8 Å². The summed E-state index contributed by atoms with van der Waals surface area (Å²) < 4.78 is 19.1. The van der Waals surface area contributed by atoms with Crippen LogP contribution in [0.15, 0.2) is 42.6 Å². The Kier molecular flexibility index (Phi) is 4.83. The molecule has 1 aromatic carbocycles. The number of carbonyl (C=O) groups is 1. The molecule has 0 bridgehead atoms. The lowest BCUT2D eigenvalue weighted by Crippen LogP contribution is -2.34. The minimum absolute atomic E-state index is 0.0553. The van der Waals surface area contributed by atoms with Gasteiger partial charge in [0.05, 0.1) is 18.8 Å². The standard InChI is InChI=1S/C21H24FN3O2/c1-14(26)25-11-16-10-24(12-18-9-19(27-2)6-7-23-18)13-20(16)21(25)15-4-3-5-17(22)8-15/h3-9,16,20-21H,10-13H2,1-2H3/t16-,20-,21+/m1/s1. The quantitative estimate of drug-likeness (QED) is 0.831. The Morgan fingerprint density at radius 3 is 2.85 bits per heavy atom. The molecule has 142 valence electrons. The van der Waals surface area contributed by atoms with Gasteiger partial charge in [0.15, 0.2) is 0 Å². The second kappa shape index (κ2) is 7.27. The van der Waals surface area contributed by atoms with E-state index in [4.69, 9.17) is 4.74 Å². The van der Waals surface area contributed by atoms with E-state index in [1.165, 1.54) is 6.07 Å². The number of aromatic nitrogens is 1. The molecular formula is C21H24FN3O2. The van der Waals surface area contributed by atoms with Crippen LogP contribution < -0.4 is 4.74 Å². The minimum atomic E-state index is -0.255. The molecule has 2 saturated heterocycles. The maximum atomic E-state index is 13.8. The molecule has 27 heavy (non-hydrogen) atoms. The smallest absolute Gasteiger partial charge is 0.219 e. The maximum absolute atomic E-state index is 13.8. The van der Waals surface area contributed by atoms with Crippen LogP contribution >= 0.6 is 0 Å². The van der Waals surface area contributed by atoms with Crippen LogP contribution in [-0.4, -0.2) is 47.4 Å². The first kappa shape index (κ1) is 17.9. The first-order valence-corrected chi connectivity index (χ1v) is 9.29. The van der Waals surface area contributed by atoms with Gasteiger partial charge in [-0.2, -0.15) is 0 Å². The Morgan fingerprint density at radius 1 is 1.26 bits per heavy atom. The number of pyridine rings is 1. The lowest BCUT2D eigenvalue weighted by atomic mass is 9.89. The van der Waals surface area contributed by atoms with Gasteiger partial charge in [-0.15, -0.1) is 0 Å². The molecular weight excluding hydrogens is 345 g/mol. The first-order chi connectivity index (χ1) is 13.0. The van der Waals surface area contributed by atoms with Gasteiger partial charge in [-0.3, -0.25) is 14.7 Å². The van der Waals surface area contributed by atoms with Crippen molar-refractivity contribution < 1.29 is 13.9 Å². The summed E-state index contributed by atoms with van der Waals surface area (Å²) in [5, 5.41) is 0. The van der Waals surface area contributed by atoms with Gasteiger partial charge in [-0.05, 0) is 29.7 Å². The summed E-state index contributed by atoms with van der Waals surface area (Å²) in [7, 11) is 1.65. The molecule has 6 heteroatoms. The molecule has 2 aliphatic rings. The van der Waals surface area contributed by atoms with E-state index in [0.717, 1.165) is 43.2 Å². The fourth-order valence-electron chi connectivity index (χ4n) is 4.61. The van der Waals surface area contributed by atoms with Crippen molar-refractivity contribution in [2.24, 2.45) is 11.8 Å². The monoisotopic (exact) mass is 369 g/mol. The van der Waals surface area contributed by atoms with Gasteiger partial charge in [0.2, 0.25) is 5.91 Å². The summed E-state index contributed by atoms with van der Waals surface area (Å²) >= 11 is 0. The first-order valence-electron chi connectivity index (χ1n) is 9.29. The molecule has 4 rings (SSSR count). The van der Waals surface area contributed by atoms with E-state index < -0.39 is 0 Å². The van der Waals surface area contributed by atoms with E-state index in [9.17, 15) is 9.18 Å². The number of benzene rings is 1. The number of halogens is 1. The molecule has 0 unspecified atom stereocenters. The van der Waals surface area contributed by atoms with Crippen LogP contribution in [0, 0.1) is 17.7 Å². The molecule has 0 radical (unpaired) electrons. The number of methoxy groups -OCH3 is 1. The van der Waals surface area contributed by atoms with Crippen molar-refractivity contribution in [3.8, 4) is 5.75 Å². The van der Waals surface area contributed by atoms with E-state index in [0.29, 0.717) is 11.8 Å². The molecule has 2 aromatic rings. The van der Waals surface area contributed by atoms with Crippen molar-refractivity contribution in [3.63, 3.8) is 0 Å². The Labute approximate surface area is 158 Å². The molecule has 0 aliphatic carbocycles. The molecule has 2 fully saturated rings. The van der Waals surface area contributed by atoms with E-state index in [-0.39, 0.29) is 17.8 Å². The molecule has 0 N–H and O–H groups in total. The average Bonchev–Trinajstić information content (AvgIpc) is 3.19. The second-order valence-corrected chi connectivity index (χ2v) is 7.48. The highest BCUT2D eigenvalue weighted by molar-refractivity contribution is 5.74. The molecule has 0 saturated carbocycles. The van der Waals surface area contributed by atoms with Gasteiger partial charge >= 0.3 is 0 Å². The van der Waals surface area contributed by atoms with Crippen molar-refractivity contribution >= 4 is 5.91 Å². The lowest BCUT2D eigenvalue weighted by molar-refractivity contribution is -0.130. The number of hydrogen-bond acceptors (Lipinski definition) is 4. The number of hydrogen-bond donors (Lipinski definition) is 0. The van der Waals surface area contributed by atoms with Crippen LogP contribution in [0.4, 0.5) is 4.39 Å². The van der Waals surface area contributed by atoms with Gasteiger partial charge < -0.3 is 9.64 Å². The Morgan fingerprint density at radius 2 is 2.11 bits per heavy atom. The number of nitrogens with zero attached hydrogens (tertiary/aromatic N) is 3. The zero-order valence-electron chi connectivity index (χ0n) is 15.6. The highest BCUT2D eigenvalue weighted by Gasteiger charge is 2.48. The molecule has 0 spiro atoms. The summed E-state index contributed by atoms with van der Waals surface area (Å²) in [4.78, 5) is 20.9. The number of carbonyl (C=O) groups excluding carboxylic acids is 1. The molecule has 5 nitrogen and oxygen atoms in total. The van der Waals surface area contributed by atoms with Gasteiger partial charge in [0.25, 0.3) is 0 Å². The van der Waals surface area contributed by atoms with E-state index >= 15 is 0 Å². The Bertz CT molecular complexity index is 844. The molecule has 1 amide bonds. The summed E-state index contributed by atoms with van der Waals surface area (Å²) in [6, 6.07) is 10.4. The molecule has 3 atom stereocenters. The summed E-state index contributed by atoms with van der Waals surface area (Å²) in [5.41, 5.74) is 1.86. The van der Waals surface area contributed by atoms with Gasteiger partial charge in [-0.25, -0.2) is 4.39 Å². The van der Waals surface area contributed by atoms with Gasteiger partial charge in [0, 0.05) is 51.3 Å². The molecule has 1 aromatic heterocycles. The highest BCUT2D eigenvalue weighted by Crippen LogP contribution is 2.45. The van der Waals surface area contributed by atoms with Crippen LogP contribution in [0.25, 0.3) is 0 Å². The largest absolute Gasteiger partial charge is 0.497 e. The highest BCUT2D eigenvalue weighted by atomic mass is 19.1. The predicted molar refractivity (Wildman–Crippen MR) is 99.6 cm³/mol. The lowest BCUT2D eigenvalue weighted by Gasteiger charge is -2.29. The summed E-state index contributed by atoms with van der Waals surface area (Å²) in [6.07, 6.45) is 1.76. The van der Waals surface area contributed by atoms with Crippen LogP contribution in [-0.2, 0) is 11.3 Å². The fourth-order valence-corrected chi connectivity index (χ4v) is 4.61. The second-order valence-electron chi connectivity index (χ2n) is 7.48. The van der Waals surface area contributed by atoms with Gasteiger partial charge in [-0.1, -0.05) is 12.1 Å². The zero-order valence-corrected chi connectivity index (χ0v) is 15.6. The zero-order chi connectivity index (χ0) is 19.0. The van der Waals surface area contributed by atoms with Crippen molar-refractivity contribution in [2.45, 2.75) is 19.5 Å². The third-order valence-electron chi connectivity index (χ3n) is 5.74. The SMILES string of the molecule is COc1ccnc(CN2C[C@@H]3CN(C(C)=O)[C@@H](c4cccc(F)c4)[C@@H]3C2)c1. The van der Waals surface area contributed by atoms with E-state index in [1.807, 2.05) is 23.1 Å². The van der Waals surface area contributed by atoms with E-state index in [2.05, 4.69) is 9.88 Å². The number of ether oxygens (including phenoxy) is 1. The average molecular weight is 369 g/mol. The van der Waals surface area contributed by atoms with E-state index in [1.54, 1.807) is 32.4 Å². The van der Waals surface area contributed by atoms with Gasteiger partial charge in [0.1, 0.15) is 11.6 Å². The van der Waals surface area contributed by atoms with Crippen LogP contribution in [0.5, 0.6) is 5.75 Å². The topological polar surface area (TPSA) is 45.7 Å². The molecule has 3 heterocycles. The van der Waals surface area contributed by atoms with Crippen molar-refractivity contribution in [3.05, 3.63) is 59.7 Å². The normalized spacial score (nSPS) is 24.9. The third kappa shape index (κ3) is 3.54. The van der Waals surface area contributed by atoms with Crippen molar-refractivity contribution in [2.75, 3.05) is 26.7 Å². The Balaban J connectivity index is 1.54. The van der Waals surface area contributed by atoms with Crippen molar-refractivity contribution in [1.29, 1.82) is 0 Å². The number of fused-ring (bicyclic) bond motifs is 1. The molecule has 2 aliphatic heterocycles.